The van der Waals surface area contributed by atoms with Gasteiger partial charge in [-0.25, -0.2) is 4.79 Å². The predicted octanol–water partition coefficient (Wildman–Crippen LogP) is -20.8. The number of hydrogen-bond acceptors (Lipinski definition) is 48. The molecule has 9 saturated heterocycles. The number of nitrogens with one attached hydrogen (secondary N) is 4. The summed E-state index contributed by atoms with van der Waals surface area (Å²) in [5.74, 6) is -8.90. The van der Waals surface area contributed by atoms with Crippen LogP contribution in [0.5, 0.6) is 0 Å². The molecule has 4 amide bonds. The maximum atomic E-state index is 13.1. The largest absolute Gasteiger partial charge is 0.477 e. The van der Waals surface area contributed by atoms with Crippen molar-refractivity contribution >= 4 is 29.6 Å². The van der Waals surface area contributed by atoms with Gasteiger partial charge in [-0.05, 0) is 0 Å². The average Bonchev–Trinajstić information content (AvgIpc) is 0.767. The van der Waals surface area contributed by atoms with E-state index in [1.807, 2.05) is 0 Å². The van der Waals surface area contributed by atoms with Gasteiger partial charge in [0.1, 0.15) is 213 Å². The normalized spacial score (nSPS) is 47.6. The monoisotopic (exact) mass is 1730 g/mol. The second-order valence-electron chi connectivity index (χ2n) is 29.6. The number of carbonyl (C=O) groups is 5. The molecule has 53 nitrogen and oxygen atoms in total. The van der Waals surface area contributed by atoms with Gasteiger partial charge in [0.15, 0.2) is 50.3 Å². The van der Waals surface area contributed by atoms with Gasteiger partial charge in [0.25, 0.3) is 5.79 Å². The lowest BCUT2D eigenvalue weighted by atomic mass is 9.88. The van der Waals surface area contributed by atoms with Crippen molar-refractivity contribution in [1.82, 2.24) is 21.3 Å². The molecule has 46 atom stereocenters. The summed E-state index contributed by atoms with van der Waals surface area (Å²) in [5, 5.41) is 306. The first-order valence-corrected chi connectivity index (χ1v) is 37.3. The minimum Gasteiger partial charge on any atom is -0.477 e. The smallest absolute Gasteiger partial charge is 0.364 e. The molecule has 118 heavy (non-hydrogen) atoms. The first-order chi connectivity index (χ1) is 55.6. The zero-order valence-corrected chi connectivity index (χ0v) is 63.1. The van der Waals surface area contributed by atoms with Gasteiger partial charge in [0.2, 0.25) is 23.6 Å². The number of carbonyl (C=O) groups excluding carboxylic acids is 4. The fourth-order valence-electron chi connectivity index (χ4n) is 15.1. The maximum absolute atomic E-state index is 13.1. The number of aliphatic carboxylic acids is 1. The van der Waals surface area contributed by atoms with Crippen molar-refractivity contribution in [2.75, 3.05) is 59.5 Å². The zero-order chi connectivity index (χ0) is 87.3. The lowest BCUT2D eigenvalue weighted by Gasteiger charge is -2.51. The van der Waals surface area contributed by atoms with Crippen molar-refractivity contribution in [3.8, 4) is 0 Å². The van der Waals surface area contributed by atoms with Crippen LogP contribution in [0.15, 0.2) is 0 Å². The first-order valence-electron chi connectivity index (χ1n) is 37.3. The third-order valence-corrected chi connectivity index (χ3v) is 21.3. The van der Waals surface area contributed by atoms with Crippen LogP contribution in [-0.4, -0.2) is 509 Å². The maximum Gasteiger partial charge on any atom is 0.364 e. The van der Waals surface area contributed by atoms with Gasteiger partial charge in [-0.3, -0.25) is 19.2 Å². The van der Waals surface area contributed by atoms with E-state index >= 15 is 0 Å². The quantitative estimate of drug-likeness (QED) is 0.0297. The minimum atomic E-state index is -3.07. The highest BCUT2D eigenvalue weighted by molar-refractivity contribution is 5.77. The van der Waals surface area contributed by atoms with Gasteiger partial charge in [0, 0.05) is 34.1 Å². The van der Waals surface area contributed by atoms with E-state index in [-0.39, 0.29) is 0 Å². The van der Waals surface area contributed by atoms with Gasteiger partial charge in [-0.1, -0.05) is 0 Å². The molecule has 0 spiro atoms. The van der Waals surface area contributed by atoms with Crippen molar-refractivity contribution in [3.05, 3.63) is 0 Å². The molecule has 0 bridgehead atoms. The van der Waals surface area contributed by atoms with Crippen LogP contribution in [0.2, 0.25) is 0 Å². The summed E-state index contributed by atoms with van der Waals surface area (Å²) in [7, 11) is 0. The summed E-state index contributed by atoms with van der Waals surface area (Å²) >= 11 is 0. The standard InChI is InChI=1S/C65H108N4O49/c1-15(77)66-29-19(81)5-65(64(100)101,118-53(29)33(83)20(82)6-70)103-14-28-35(85)42(92)46(96)61(111-28)113-49-24(10-74)107-57(30(38(49)88)67-16(2)78)102-13-27-37(87)55(117-59-31(68-17(3)79)39(89)50(25(11-75)108-59)112-60-45(95)41(91)34(84)21(7-71)105-60)48(98)63(110-27)114-51-26(12-76)109-58(32(40(51)90)69-18(4)80)116-54-36(86)22(8-72)106-62(47(54)97)115-52-23(9-73)104-56(99)44(94)43(52)93/h19-63,70-76,81-99H,5-14H2,1-4H3,(H,66,77)(H,67,78)(H,68,79)(H,69,80)(H,100,101)/t19-,20+,21+,22+,23+,24+,25+,26+,27+,28+,29+,30+,31+,32+,33+,34-,35-,36-,37-,38+,39+,40+,41-,42-,43+,44+,45+,46+,47+,48+,49+,50+,51+,52+,53+,54-,55-,56+,57+,58-,59-,60-,61-,62-,63-,65+/m0/s1. The zero-order valence-electron chi connectivity index (χ0n) is 63.1. The molecule has 0 aromatic carbocycles. The number of ether oxygens (including phenoxy) is 17. The Balaban J connectivity index is 0.993. The molecule has 9 rings (SSSR count). The Morgan fingerprint density at radius 1 is 0.347 bits per heavy atom. The van der Waals surface area contributed by atoms with Crippen LogP contribution < -0.4 is 21.3 Å². The van der Waals surface area contributed by atoms with E-state index in [1.165, 1.54) is 0 Å². The highest BCUT2D eigenvalue weighted by Gasteiger charge is 2.62. The second kappa shape index (κ2) is 42.1. The molecule has 53 heteroatoms. The molecule has 0 unspecified atom stereocenters. The van der Waals surface area contributed by atoms with E-state index < -0.39 is 377 Å². The fraction of sp³-hybridized carbons (Fsp3) is 0.923. The predicted molar refractivity (Wildman–Crippen MR) is 361 cm³/mol. The number of carboxylic acids is 1. The summed E-state index contributed by atoms with van der Waals surface area (Å²) < 4.78 is 99.1. The molecule has 0 radical (unpaired) electrons. The minimum absolute atomic E-state index is 0.836. The van der Waals surface area contributed by atoms with Crippen LogP contribution in [0.1, 0.15) is 34.1 Å². The fourth-order valence-corrected chi connectivity index (χ4v) is 15.1. The van der Waals surface area contributed by atoms with Crippen LogP contribution in [0.25, 0.3) is 0 Å². The van der Waals surface area contributed by atoms with Crippen LogP contribution in [0.3, 0.4) is 0 Å². The summed E-state index contributed by atoms with van der Waals surface area (Å²) in [6, 6.07) is -7.62. The number of aliphatic hydroxyl groups excluding tert-OH is 26. The van der Waals surface area contributed by atoms with E-state index in [4.69, 9.17) is 80.5 Å². The molecule has 682 valence electrons. The van der Waals surface area contributed by atoms with Crippen LogP contribution in [0, 0.1) is 0 Å². The Bertz CT molecular complexity index is 3210. The molecule has 9 fully saturated rings. The van der Waals surface area contributed by atoms with Gasteiger partial charge in [-0.2, -0.15) is 0 Å². The third kappa shape index (κ3) is 21.4. The Hall–Kier alpha value is -4.37. The summed E-state index contributed by atoms with van der Waals surface area (Å²) in [5.41, 5.74) is 0. The van der Waals surface area contributed by atoms with E-state index in [0.29, 0.717) is 0 Å². The highest BCUT2D eigenvalue weighted by Crippen LogP contribution is 2.41. The molecular formula is C65H108N4O49. The SMILES string of the molecule is CC(=O)N[C@H]1[C@H](OC[C@H]2O[C@@H](O[C@H]3[C@H](O)[C@@H](NC(C)=O)[C@H](O[C@H]4[C@@H](O)[C@@H](CO)O[C@@H](O[C@H]5[C@H](O)[C@@H](O)[C@H](O)O[C@@H]5CO)[C@@H]4O)O[C@@H]3CO)[C@H](O)[C@@H](O[C@@H]3O[C@H](CO)[C@@H](O[C@@H]4O[C@H](CO)[C@H](O)[C@H](O)[C@H]4O)[C@H](O)[C@H]3NC(C)=O)[C@H]2O)O[C@H](CO)[C@@H](O[C@@H]2O[C@H](CO[C@]3(C(=O)O)C[C@H](O)[C@@H](NC(C)=O)[C@H]([C@H](O)[C@H](O)CO)O3)[C@H](O)[C@H](O)[C@H]2O)[C@@H]1O. The van der Waals surface area contributed by atoms with E-state index in [1.54, 1.807) is 0 Å². The Morgan fingerprint density at radius 3 is 1.07 bits per heavy atom. The third-order valence-electron chi connectivity index (χ3n) is 21.3. The molecule has 31 N–H and O–H groups in total. The lowest BCUT2D eigenvalue weighted by Crippen LogP contribution is -2.71. The Labute approximate surface area is 666 Å². The molecule has 0 aliphatic carbocycles. The topological polar surface area (TPSA) is 837 Å². The number of aliphatic hydroxyl groups is 26. The number of rotatable bonds is 32. The van der Waals surface area contributed by atoms with E-state index in [2.05, 4.69) is 21.3 Å². The van der Waals surface area contributed by atoms with Crippen LogP contribution in [-0.2, 0) is 104 Å². The van der Waals surface area contributed by atoms with Gasteiger partial charge in [0.05, 0.1) is 71.6 Å². The molecular weight excluding hydrogens is 1620 g/mol. The van der Waals surface area contributed by atoms with E-state index in [9.17, 15) is 162 Å². The molecule has 0 saturated carbocycles. The van der Waals surface area contributed by atoms with Crippen molar-refractivity contribution in [1.29, 1.82) is 0 Å². The van der Waals surface area contributed by atoms with Crippen LogP contribution in [0.4, 0.5) is 0 Å². The molecule has 9 heterocycles. The molecule has 0 aromatic heterocycles. The van der Waals surface area contributed by atoms with Crippen LogP contribution >= 0.6 is 0 Å². The number of hydrogen-bond donors (Lipinski definition) is 31. The van der Waals surface area contributed by atoms with Crippen molar-refractivity contribution in [3.63, 3.8) is 0 Å². The van der Waals surface area contributed by atoms with Crippen molar-refractivity contribution in [2.24, 2.45) is 0 Å². The Morgan fingerprint density at radius 2 is 0.669 bits per heavy atom. The molecule has 9 aliphatic rings. The summed E-state index contributed by atoms with van der Waals surface area (Å²) in [6.45, 7) is -6.48. The van der Waals surface area contributed by atoms with E-state index in [0.717, 1.165) is 27.7 Å². The van der Waals surface area contributed by atoms with Gasteiger partial charge >= 0.3 is 5.97 Å². The number of carboxylic acid groups (broad SMARTS) is 1. The van der Waals surface area contributed by atoms with Gasteiger partial charge < -0.3 is 240 Å². The Kier molecular flexibility index (Phi) is 34.7. The highest BCUT2D eigenvalue weighted by atomic mass is 16.8. The van der Waals surface area contributed by atoms with Crippen molar-refractivity contribution < 1.29 is 242 Å². The molecule has 9 aliphatic heterocycles. The summed E-state index contributed by atoms with van der Waals surface area (Å²) in [6.07, 6.45) is -87.7. The van der Waals surface area contributed by atoms with Crippen molar-refractivity contribution in [2.45, 2.75) is 316 Å². The average molecular weight is 1730 g/mol. The first kappa shape index (κ1) is 97.4. The number of amides is 4. The second-order valence-corrected chi connectivity index (χ2v) is 29.6. The molecule has 0 aromatic rings. The summed E-state index contributed by atoms with van der Waals surface area (Å²) in [4.78, 5) is 64.2. The lowest BCUT2D eigenvalue weighted by molar-refractivity contribution is -0.389. The van der Waals surface area contributed by atoms with Gasteiger partial charge in [-0.15, -0.1) is 0 Å².